The van der Waals surface area contributed by atoms with Crippen molar-refractivity contribution in [1.82, 2.24) is 0 Å². The summed E-state index contributed by atoms with van der Waals surface area (Å²) < 4.78 is 39.2. The van der Waals surface area contributed by atoms with Crippen molar-refractivity contribution in [2.75, 3.05) is 0 Å². The maximum atomic E-state index is 8.52. The Labute approximate surface area is 218 Å². The van der Waals surface area contributed by atoms with Crippen LogP contribution in [0.15, 0.2) is 46.3 Å². The third kappa shape index (κ3) is 14.7. The molecule has 0 bridgehead atoms. The van der Waals surface area contributed by atoms with Crippen molar-refractivity contribution in [3.63, 3.8) is 0 Å². The van der Waals surface area contributed by atoms with E-state index in [0.29, 0.717) is 5.41 Å². The van der Waals surface area contributed by atoms with E-state index in [1.807, 2.05) is 6.26 Å². The van der Waals surface area contributed by atoms with Crippen LogP contribution in [0.3, 0.4) is 0 Å². The molecule has 0 radical (unpaired) electrons. The summed E-state index contributed by atoms with van der Waals surface area (Å²) in [4.78, 5) is 0. The van der Waals surface area contributed by atoms with Gasteiger partial charge in [-0.15, -0.1) is 0 Å². The number of allylic oxidation sites excluding steroid dienone is 4. The molecule has 0 N–H and O–H groups in total. The summed E-state index contributed by atoms with van der Waals surface area (Å²) in [6.45, 7) is 12.0. The molecule has 7 heteroatoms. The molecule has 2 atom stereocenters. The molecule has 0 spiro atoms. The number of furan rings is 1. The van der Waals surface area contributed by atoms with E-state index < -0.39 is 10.4 Å². The quantitative estimate of drug-likeness (QED) is 0.222. The molecule has 1 heterocycles. The smallest absolute Gasteiger partial charge is 0.759 e. The van der Waals surface area contributed by atoms with Gasteiger partial charge in [0.25, 0.3) is 0 Å². The standard InChI is InChI=1S/C25H40O.Na.H2O4S/c1-20(11-7-13-23-16-18-26-19-23)9-6-10-21(2)14-15-24-22(3)12-8-17-25(24,4)5;;1-5(2,3)4/h10,12,16,18-20,24H,6-9,11,13-15,17H2,1-5H3;;(H2,1,2,3,4)/q;+1;/p-2/b21-10+;;. The van der Waals surface area contributed by atoms with E-state index in [-0.39, 0.29) is 29.6 Å². The minimum atomic E-state index is -5.17. The van der Waals surface area contributed by atoms with Gasteiger partial charge in [-0.3, -0.25) is 8.42 Å². The van der Waals surface area contributed by atoms with Gasteiger partial charge >= 0.3 is 29.6 Å². The van der Waals surface area contributed by atoms with Gasteiger partial charge in [-0.05, 0) is 94.1 Å². The van der Waals surface area contributed by atoms with Gasteiger partial charge in [0.05, 0.1) is 12.5 Å². The molecule has 0 fully saturated rings. The zero-order chi connectivity index (χ0) is 23.5. The molecule has 5 nitrogen and oxygen atoms in total. The Bertz CT molecular complexity index is 786. The molecule has 0 saturated carbocycles. The number of hydrogen-bond donors (Lipinski definition) is 0. The molecule has 0 amide bonds. The van der Waals surface area contributed by atoms with Crippen LogP contribution >= 0.6 is 0 Å². The van der Waals surface area contributed by atoms with Crippen LogP contribution in [0.2, 0.25) is 0 Å². The predicted molar refractivity (Wildman–Crippen MR) is 124 cm³/mol. The average molecular weight is 476 g/mol. The van der Waals surface area contributed by atoms with E-state index in [1.54, 1.807) is 17.4 Å². The first-order valence-electron chi connectivity index (χ1n) is 11.4. The fourth-order valence-corrected chi connectivity index (χ4v) is 4.55. The molecule has 178 valence electrons. The predicted octanol–water partition coefficient (Wildman–Crippen LogP) is 3.79. The Morgan fingerprint density at radius 1 is 1.31 bits per heavy atom. The van der Waals surface area contributed by atoms with Crippen molar-refractivity contribution in [2.24, 2.45) is 17.3 Å². The molecular weight excluding hydrogens is 435 g/mol. The molecule has 0 aliphatic heterocycles. The van der Waals surface area contributed by atoms with Crippen molar-refractivity contribution < 1.29 is 51.5 Å². The Balaban J connectivity index is 0.00000144. The van der Waals surface area contributed by atoms with Gasteiger partial charge < -0.3 is 13.5 Å². The Morgan fingerprint density at radius 3 is 2.53 bits per heavy atom. The van der Waals surface area contributed by atoms with E-state index >= 15 is 0 Å². The van der Waals surface area contributed by atoms with Gasteiger partial charge in [-0.1, -0.05) is 50.5 Å². The zero-order valence-electron chi connectivity index (χ0n) is 20.9. The Morgan fingerprint density at radius 2 is 1.97 bits per heavy atom. The van der Waals surface area contributed by atoms with Crippen molar-refractivity contribution in [3.8, 4) is 0 Å². The van der Waals surface area contributed by atoms with E-state index in [1.165, 1.54) is 56.9 Å². The summed E-state index contributed by atoms with van der Waals surface area (Å²) in [5, 5.41) is 0. The van der Waals surface area contributed by atoms with Gasteiger partial charge in [0, 0.05) is 10.4 Å². The van der Waals surface area contributed by atoms with Crippen molar-refractivity contribution in [1.29, 1.82) is 0 Å². The van der Waals surface area contributed by atoms with E-state index in [2.05, 4.69) is 52.8 Å². The molecule has 32 heavy (non-hydrogen) atoms. The number of hydrogen-bond acceptors (Lipinski definition) is 5. The first-order chi connectivity index (χ1) is 14.4. The zero-order valence-corrected chi connectivity index (χ0v) is 23.7. The Hall–Kier alpha value is -0.370. The molecule has 2 unspecified atom stereocenters. The fourth-order valence-electron chi connectivity index (χ4n) is 4.55. The van der Waals surface area contributed by atoms with Gasteiger partial charge in [0.2, 0.25) is 0 Å². The fraction of sp³-hybridized carbons (Fsp3) is 0.680. The number of aryl methyl sites for hydroxylation is 1. The van der Waals surface area contributed by atoms with E-state index in [9.17, 15) is 0 Å². The van der Waals surface area contributed by atoms with Crippen LogP contribution in [-0.2, 0) is 16.8 Å². The molecular formula is C25H40NaO5S-. The van der Waals surface area contributed by atoms with Crippen LogP contribution in [0, 0.1) is 17.3 Å². The van der Waals surface area contributed by atoms with Crippen LogP contribution in [0.4, 0.5) is 0 Å². The summed E-state index contributed by atoms with van der Waals surface area (Å²) in [7, 11) is -5.17. The molecule has 1 aliphatic rings. The summed E-state index contributed by atoms with van der Waals surface area (Å²) >= 11 is 0. The van der Waals surface area contributed by atoms with Gasteiger partial charge in [0.1, 0.15) is 0 Å². The maximum Gasteiger partial charge on any atom is 1.00 e. The van der Waals surface area contributed by atoms with Gasteiger partial charge in [0.15, 0.2) is 0 Å². The summed E-state index contributed by atoms with van der Waals surface area (Å²) in [5.74, 6) is 1.58. The number of rotatable bonds is 10. The topological polar surface area (TPSA) is 93.4 Å². The monoisotopic (exact) mass is 475 g/mol. The van der Waals surface area contributed by atoms with Crippen LogP contribution in [0.5, 0.6) is 0 Å². The van der Waals surface area contributed by atoms with Gasteiger partial charge in [-0.25, -0.2) is 0 Å². The van der Waals surface area contributed by atoms with Crippen LogP contribution in [-0.4, -0.2) is 17.5 Å². The molecule has 0 aromatic carbocycles. The second-order valence-electron chi connectivity index (χ2n) is 9.73. The van der Waals surface area contributed by atoms with Crippen LogP contribution in [0.25, 0.3) is 0 Å². The molecule has 1 aromatic heterocycles. The van der Waals surface area contributed by atoms with Crippen molar-refractivity contribution in [2.45, 2.75) is 92.4 Å². The molecule has 1 aliphatic carbocycles. The largest absolute Gasteiger partial charge is 1.00 e. The summed E-state index contributed by atoms with van der Waals surface area (Å²) in [6, 6.07) is 2.08. The SMILES string of the molecule is CC1=CCCC(C)(C)C1CC/C(C)=C/CCC(C)CCCc1ccoc1.O=S(=O)([O-])[O-].[Na+]. The molecule has 1 aromatic rings. The van der Waals surface area contributed by atoms with Crippen molar-refractivity contribution in [3.05, 3.63) is 47.5 Å². The summed E-state index contributed by atoms with van der Waals surface area (Å²) in [6.07, 6.45) is 20.1. The van der Waals surface area contributed by atoms with Gasteiger partial charge in [-0.2, -0.15) is 0 Å². The van der Waals surface area contributed by atoms with Crippen LogP contribution < -0.4 is 29.6 Å². The second-order valence-corrected chi connectivity index (χ2v) is 10.5. The van der Waals surface area contributed by atoms with Crippen molar-refractivity contribution >= 4 is 10.4 Å². The first-order valence-corrected chi connectivity index (χ1v) is 12.7. The van der Waals surface area contributed by atoms with Crippen LogP contribution in [0.1, 0.15) is 91.5 Å². The normalized spacial score (nSPS) is 19.3. The minimum Gasteiger partial charge on any atom is -0.759 e. The summed E-state index contributed by atoms with van der Waals surface area (Å²) in [5.41, 5.74) is 5.02. The minimum absolute atomic E-state index is 0. The average Bonchev–Trinajstić information content (AvgIpc) is 3.13. The first kappa shape index (κ1) is 31.6. The maximum absolute atomic E-state index is 8.52. The molecule has 2 rings (SSSR count). The third-order valence-corrected chi connectivity index (χ3v) is 6.47. The Kier molecular flexibility index (Phi) is 15.3. The third-order valence-electron chi connectivity index (χ3n) is 6.47. The van der Waals surface area contributed by atoms with E-state index in [4.69, 9.17) is 21.9 Å². The second kappa shape index (κ2) is 15.5. The van der Waals surface area contributed by atoms with E-state index in [0.717, 1.165) is 18.3 Å². The molecule has 0 saturated heterocycles.